The molecule has 5 nitrogen and oxygen atoms in total. The Morgan fingerprint density at radius 3 is 2.41 bits per heavy atom. The summed E-state index contributed by atoms with van der Waals surface area (Å²) in [4.78, 5) is 32.9. The molecule has 6 heteroatoms. The van der Waals surface area contributed by atoms with E-state index in [0.29, 0.717) is 12.8 Å². The smallest absolute Gasteiger partial charge is 0.227 e. The number of piperazine rings is 1. The molecule has 1 aliphatic carbocycles. The monoisotopic (exact) mass is 415 g/mol. The van der Waals surface area contributed by atoms with Crippen molar-refractivity contribution in [2.24, 2.45) is 5.92 Å². The van der Waals surface area contributed by atoms with E-state index in [2.05, 4.69) is 11.0 Å². The minimum Gasteiger partial charge on any atom is -0.340 e. The van der Waals surface area contributed by atoms with E-state index in [9.17, 15) is 9.59 Å². The number of fused-ring (bicyclic) bond motifs is 1. The number of benzene rings is 1. The zero-order valence-corrected chi connectivity index (χ0v) is 18.2. The summed E-state index contributed by atoms with van der Waals surface area (Å²) < 4.78 is 0. The lowest BCUT2D eigenvalue weighted by atomic mass is 9.89. The molecule has 2 heterocycles. The molecule has 158 valence electrons. The van der Waals surface area contributed by atoms with Crippen molar-refractivity contribution in [3.63, 3.8) is 0 Å². The van der Waals surface area contributed by atoms with E-state index in [0.717, 1.165) is 55.0 Å². The van der Waals surface area contributed by atoms with Gasteiger partial charge in [0, 0.05) is 62.8 Å². The molecule has 0 radical (unpaired) electrons. The number of anilines is 1. The number of para-hydroxylation sites is 1. The van der Waals surface area contributed by atoms with Gasteiger partial charge >= 0.3 is 0 Å². The van der Waals surface area contributed by atoms with Crippen molar-refractivity contribution in [2.45, 2.75) is 49.8 Å². The Morgan fingerprint density at radius 1 is 0.897 bits per heavy atom. The number of nitrogens with zero attached hydrogens (tertiary/aromatic N) is 3. The van der Waals surface area contributed by atoms with Crippen LogP contribution in [0.15, 0.2) is 29.2 Å². The highest BCUT2D eigenvalue weighted by atomic mass is 32.2. The van der Waals surface area contributed by atoms with Crippen LogP contribution in [0.1, 0.15) is 44.9 Å². The molecule has 1 saturated heterocycles. The fourth-order valence-electron chi connectivity index (χ4n) is 4.85. The largest absolute Gasteiger partial charge is 0.340 e. The van der Waals surface area contributed by atoms with Gasteiger partial charge in [-0.2, -0.15) is 0 Å². The third-order valence-electron chi connectivity index (χ3n) is 6.55. The first-order valence-corrected chi connectivity index (χ1v) is 12.2. The number of hydrogen-bond acceptors (Lipinski definition) is 4. The van der Waals surface area contributed by atoms with Crippen molar-refractivity contribution in [1.29, 1.82) is 0 Å². The molecule has 1 aromatic rings. The molecule has 0 bridgehead atoms. The molecule has 4 rings (SSSR count). The third kappa shape index (κ3) is 5.34. The zero-order valence-electron chi connectivity index (χ0n) is 17.4. The fraction of sp³-hybridized carbons (Fsp3) is 0.652. The molecule has 0 atom stereocenters. The first-order valence-electron chi connectivity index (χ1n) is 11.2. The van der Waals surface area contributed by atoms with Crippen LogP contribution >= 0.6 is 11.8 Å². The predicted molar refractivity (Wildman–Crippen MR) is 118 cm³/mol. The molecule has 0 unspecified atom stereocenters. The number of rotatable bonds is 5. The average Bonchev–Trinajstić information content (AvgIpc) is 2.78. The minimum atomic E-state index is 0.0713. The van der Waals surface area contributed by atoms with Gasteiger partial charge in [0.15, 0.2) is 0 Å². The molecule has 1 aromatic carbocycles. The van der Waals surface area contributed by atoms with Gasteiger partial charge < -0.3 is 9.80 Å². The Hall–Kier alpha value is -1.53. The SMILES string of the molecule is O=C(CCC(=O)N1CCSc2ccccc21)N1CCN(CC2CCCCC2)CC1. The summed E-state index contributed by atoms with van der Waals surface area (Å²) >= 11 is 1.80. The van der Waals surface area contributed by atoms with E-state index in [1.807, 2.05) is 28.0 Å². The minimum absolute atomic E-state index is 0.0713. The average molecular weight is 416 g/mol. The van der Waals surface area contributed by atoms with E-state index in [4.69, 9.17) is 0 Å². The lowest BCUT2D eigenvalue weighted by Crippen LogP contribution is -2.50. The molecular weight excluding hydrogens is 382 g/mol. The standard InChI is InChI=1S/C23H33N3O2S/c27-22(25-14-12-24(13-15-25)18-19-6-2-1-3-7-19)10-11-23(28)26-16-17-29-21-9-5-4-8-20(21)26/h4-5,8-9,19H,1-3,6-7,10-18H2. The van der Waals surface area contributed by atoms with Crippen LogP contribution < -0.4 is 4.90 Å². The number of carbonyl (C=O) groups is 2. The van der Waals surface area contributed by atoms with Gasteiger partial charge in [-0.25, -0.2) is 0 Å². The number of hydrogen-bond donors (Lipinski definition) is 0. The summed E-state index contributed by atoms with van der Waals surface area (Å²) in [5.41, 5.74) is 0.998. The fourth-order valence-corrected chi connectivity index (χ4v) is 5.84. The van der Waals surface area contributed by atoms with Crippen molar-refractivity contribution in [3.8, 4) is 0 Å². The molecule has 0 aromatic heterocycles. The normalized spacial score (nSPS) is 21.1. The molecular formula is C23H33N3O2S. The first kappa shape index (κ1) is 20.7. The molecule has 2 amide bonds. The Labute approximate surface area is 178 Å². The Balaban J connectivity index is 1.21. The molecule has 0 spiro atoms. The molecule has 2 fully saturated rings. The van der Waals surface area contributed by atoms with Gasteiger partial charge in [-0.05, 0) is 30.9 Å². The van der Waals surface area contributed by atoms with Crippen molar-refractivity contribution in [3.05, 3.63) is 24.3 Å². The van der Waals surface area contributed by atoms with Crippen molar-refractivity contribution in [1.82, 2.24) is 9.80 Å². The van der Waals surface area contributed by atoms with E-state index in [-0.39, 0.29) is 11.8 Å². The first-order chi connectivity index (χ1) is 14.2. The Morgan fingerprint density at radius 2 is 1.62 bits per heavy atom. The van der Waals surface area contributed by atoms with Gasteiger partial charge in [-0.3, -0.25) is 14.5 Å². The lowest BCUT2D eigenvalue weighted by molar-refractivity contribution is -0.134. The predicted octanol–water partition coefficient (Wildman–Crippen LogP) is 3.63. The van der Waals surface area contributed by atoms with Crippen molar-refractivity contribution in [2.75, 3.05) is 49.9 Å². The Kier molecular flexibility index (Phi) is 7.14. The number of amides is 2. The van der Waals surface area contributed by atoms with Crippen LogP contribution in [0.25, 0.3) is 0 Å². The second kappa shape index (κ2) is 9.98. The molecule has 2 aliphatic heterocycles. The highest BCUT2D eigenvalue weighted by Crippen LogP contribution is 2.34. The van der Waals surface area contributed by atoms with Crippen LogP contribution in [-0.4, -0.2) is 66.6 Å². The zero-order chi connectivity index (χ0) is 20.1. The quantitative estimate of drug-likeness (QED) is 0.737. The maximum Gasteiger partial charge on any atom is 0.227 e. The van der Waals surface area contributed by atoms with Crippen molar-refractivity contribution >= 4 is 29.3 Å². The van der Waals surface area contributed by atoms with E-state index >= 15 is 0 Å². The second-order valence-electron chi connectivity index (χ2n) is 8.55. The Bertz CT molecular complexity index is 712. The summed E-state index contributed by atoms with van der Waals surface area (Å²) in [6, 6.07) is 8.06. The van der Waals surface area contributed by atoms with Crippen LogP contribution in [-0.2, 0) is 9.59 Å². The topological polar surface area (TPSA) is 43.9 Å². The maximum atomic E-state index is 12.8. The van der Waals surface area contributed by atoms with Gasteiger partial charge in [-0.1, -0.05) is 31.4 Å². The lowest BCUT2D eigenvalue weighted by Gasteiger charge is -2.37. The summed E-state index contributed by atoms with van der Waals surface area (Å²) in [6.07, 6.45) is 7.56. The van der Waals surface area contributed by atoms with Crippen LogP contribution in [0, 0.1) is 5.92 Å². The van der Waals surface area contributed by atoms with Gasteiger partial charge in [0.25, 0.3) is 0 Å². The van der Waals surface area contributed by atoms with Crippen LogP contribution in [0.3, 0.4) is 0 Å². The summed E-state index contributed by atoms with van der Waals surface area (Å²) in [7, 11) is 0. The van der Waals surface area contributed by atoms with E-state index in [1.165, 1.54) is 38.6 Å². The van der Waals surface area contributed by atoms with E-state index in [1.54, 1.807) is 11.8 Å². The van der Waals surface area contributed by atoms with Crippen LogP contribution in [0.5, 0.6) is 0 Å². The summed E-state index contributed by atoms with van der Waals surface area (Å²) in [6.45, 7) is 5.51. The number of thioether (sulfide) groups is 1. The summed E-state index contributed by atoms with van der Waals surface area (Å²) in [5, 5.41) is 0. The molecule has 0 N–H and O–H groups in total. The third-order valence-corrected chi connectivity index (χ3v) is 7.59. The van der Waals surface area contributed by atoms with Gasteiger partial charge in [-0.15, -0.1) is 11.8 Å². The molecule has 3 aliphatic rings. The maximum absolute atomic E-state index is 12.8. The second-order valence-corrected chi connectivity index (χ2v) is 9.68. The molecule has 1 saturated carbocycles. The highest BCUT2D eigenvalue weighted by Gasteiger charge is 2.26. The van der Waals surface area contributed by atoms with Crippen LogP contribution in [0.4, 0.5) is 5.69 Å². The van der Waals surface area contributed by atoms with Gasteiger partial charge in [0.1, 0.15) is 0 Å². The summed E-state index contributed by atoms with van der Waals surface area (Å²) in [5.74, 6) is 1.98. The van der Waals surface area contributed by atoms with Gasteiger partial charge in [0.05, 0.1) is 5.69 Å². The highest BCUT2D eigenvalue weighted by molar-refractivity contribution is 7.99. The van der Waals surface area contributed by atoms with Crippen LogP contribution in [0.2, 0.25) is 0 Å². The van der Waals surface area contributed by atoms with Crippen molar-refractivity contribution < 1.29 is 9.59 Å². The van der Waals surface area contributed by atoms with Gasteiger partial charge in [0.2, 0.25) is 11.8 Å². The molecule has 29 heavy (non-hydrogen) atoms. The van der Waals surface area contributed by atoms with E-state index < -0.39 is 0 Å². The number of carbonyl (C=O) groups excluding carboxylic acids is 2.